The Hall–Kier alpha value is -2.04. The van der Waals surface area contributed by atoms with E-state index in [1.165, 1.54) is 0 Å². The van der Waals surface area contributed by atoms with Crippen molar-refractivity contribution in [3.8, 4) is 5.75 Å². The number of aliphatic carboxylic acids is 1. The van der Waals surface area contributed by atoms with Crippen LogP contribution < -0.4 is 4.74 Å². The lowest BCUT2D eigenvalue weighted by atomic mass is 9.91. The van der Waals surface area contributed by atoms with Gasteiger partial charge in [-0.1, -0.05) is 42.3 Å². The Labute approximate surface area is 159 Å². The molecule has 2 atom stereocenters. The van der Waals surface area contributed by atoms with Gasteiger partial charge in [0.05, 0.1) is 12.6 Å². The van der Waals surface area contributed by atoms with Crippen molar-refractivity contribution in [3.05, 3.63) is 64.7 Å². The summed E-state index contributed by atoms with van der Waals surface area (Å²) in [4.78, 5) is 13.9. The second-order valence-corrected chi connectivity index (χ2v) is 6.98. The van der Waals surface area contributed by atoms with Gasteiger partial charge >= 0.3 is 5.97 Å². The highest BCUT2D eigenvalue weighted by molar-refractivity contribution is 6.30. The monoisotopic (exact) mass is 373 g/mol. The third kappa shape index (κ3) is 4.19. The molecule has 2 aromatic rings. The number of ether oxygens (including phenoxy) is 1. The van der Waals surface area contributed by atoms with Gasteiger partial charge in [-0.3, -0.25) is 9.69 Å². The highest BCUT2D eigenvalue weighted by Crippen LogP contribution is 2.35. The van der Waals surface area contributed by atoms with Crippen molar-refractivity contribution in [1.29, 1.82) is 0 Å². The van der Waals surface area contributed by atoms with Gasteiger partial charge in [-0.15, -0.1) is 0 Å². The third-order valence-corrected chi connectivity index (χ3v) is 5.07. The summed E-state index contributed by atoms with van der Waals surface area (Å²) in [6.07, 6.45) is 2.61. The maximum absolute atomic E-state index is 11.9. The Morgan fingerprint density at radius 3 is 2.65 bits per heavy atom. The zero-order valence-electron chi connectivity index (χ0n) is 14.9. The smallest absolute Gasteiger partial charge is 0.320 e. The lowest BCUT2D eigenvalue weighted by molar-refractivity contribution is -0.145. The van der Waals surface area contributed by atoms with Gasteiger partial charge in [0, 0.05) is 5.02 Å². The van der Waals surface area contributed by atoms with Crippen molar-refractivity contribution in [2.75, 3.05) is 13.2 Å². The van der Waals surface area contributed by atoms with E-state index in [0.29, 0.717) is 18.1 Å². The van der Waals surface area contributed by atoms with E-state index in [-0.39, 0.29) is 6.04 Å². The highest BCUT2D eigenvalue weighted by Gasteiger charge is 2.35. The lowest BCUT2D eigenvalue weighted by Crippen LogP contribution is -2.46. The number of hydrogen-bond acceptors (Lipinski definition) is 3. The second kappa shape index (κ2) is 8.56. The zero-order valence-corrected chi connectivity index (χ0v) is 15.7. The summed E-state index contributed by atoms with van der Waals surface area (Å²) in [5, 5.41) is 10.4. The van der Waals surface area contributed by atoms with E-state index in [9.17, 15) is 9.90 Å². The van der Waals surface area contributed by atoms with Crippen LogP contribution in [0, 0.1) is 0 Å². The number of carbonyl (C=O) groups is 1. The van der Waals surface area contributed by atoms with Crippen molar-refractivity contribution >= 4 is 17.6 Å². The molecule has 2 aromatic carbocycles. The number of piperidine rings is 1. The van der Waals surface area contributed by atoms with Gasteiger partial charge in [-0.05, 0) is 61.7 Å². The van der Waals surface area contributed by atoms with Crippen molar-refractivity contribution in [2.45, 2.75) is 38.3 Å². The lowest BCUT2D eigenvalue weighted by Gasteiger charge is -2.39. The minimum Gasteiger partial charge on any atom is -0.494 e. The Bertz CT molecular complexity index is 747. The summed E-state index contributed by atoms with van der Waals surface area (Å²) in [7, 11) is 0. The minimum absolute atomic E-state index is 0.147. The molecule has 5 heteroatoms. The molecular formula is C21H24ClNO3. The van der Waals surface area contributed by atoms with Crippen molar-refractivity contribution < 1.29 is 14.6 Å². The molecule has 1 N–H and O–H groups in total. The van der Waals surface area contributed by atoms with Crippen LogP contribution in [0.4, 0.5) is 0 Å². The van der Waals surface area contributed by atoms with Gasteiger partial charge in [-0.2, -0.15) is 0 Å². The number of hydrogen-bond donors (Lipinski definition) is 1. The first-order valence-corrected chi connectivity index (χ1v) is 9.44. The van der Waals surface area contributed by atoms with Crippen LogP contribution in [0.3, 0.4) is 0 Å². The molecule has 3 rings (SSSR count). The quantitative estimate of drug-likeness (QED) is 0.792. The van der Waals surface area contributed by atoms with Gasteiger partial charge in [0.2, 0.25) is 0 Å². The molecule has 0 aliphatic carbocycles. The Morgan fingerprint density at radius 2 is 2.00 bits per heavy atom. The van der Waals surface area contributed by atoms with Crippen LogP contribution in [0.2, 0.25) is 5.02 Å². The van der Waals surface area contributed by atoms with E-state index in [0.717, 1.165) is 36.3 Å². The fourth-order valence-electron chi connectivity index (χ4n) is 3.69. The first-order chi connectivity index (χ1) is 12.6. The molecule has 0 amide bonds. The van der Waals surface area contributed by atoms with Crippen LogP contribution in [0.1, 0.15) is 43.4 Å². The molecule has 4 nitrogen and oxygen atoms in total. The molecule has 0 aromatic heterocycles. The molecule has 0 spiro atoms. The predicted molar refractivity (Wildman–Crippen MR) is 103 cm³/mol. The van der Waals surface area contributed by atoms with Crippen molar-refractivity contribution in [1.82, 2.24) is 4.90 Å². The molecule has 1 aliphatic heterocycles. The Morgan fingerprint density at radius 1 is 1.23 bits per heavy atom. The van der Waals surface area contributed by atoms with Crippen molar-refractivity contribution in [3.63, 3.8) is 0 Å². The van der Waals surface area contributed by atoms with E-state index in [1.807, 2.05) is 55.5 Å². The summed E-state index contributed by atoms with van der Waals surface area (Å²) < 4.78 is 5.54. The van der Waals surface area contributed by atoms with Gasteiger partial charge < -0.3 is 9.84 Å². The second-order valence-electron chi connectivity index (χ2n) is 6.55. The molecule has 138 valence electrons. The number of benzene rings is 2. The molecule has 0 radical (unpaired) electrons. The summed E-state index contributed by atoms with van der Waals surface area (Å²) in [5.41, 5.74) is 2.05. The van der Waals surface area contributed by atoms with E-state index in [2.05, 4.69) is 4.90 Å². The minimum atomic E-state index is -0.761. The molecule has 1 heterocycles. The first kappa shape index (κ1) is 18.7. The Kier molecular flexibility index (Phi) is 6.17. The number of nitrogens with zero attached hydrogens (tertiary/aromatic N) is 1. The summed E-state index contributed by atoms with van der Waals surface area (Å²) in [5.74, 6) is 0.0530. The average Bonchev–Trinajstić information content (AvgIpc) is 2.64. The fourth-order valence-corrected chi connectivity index (χ4v) is 3.89. The Balaban J connectivity index is 2.02. The number of likely N-dealkylation sites (tertiary alicyclic amines) is 1. The fraction of sp³-hybridized carbons (Fsp3) is 0.381. The highest BCUT2D eigenvalue weighted by atomic mass is 35.5. The average molecular weight is 374 g/mol. The standard InChI is InChI=1S/C21H24ClNO3/c1-2-26-18-11-9-15(10-12-18)20(16-6-5-7-17(22)14-16)23-13-4-3-8-19(23)21(24)25/h5-7,9-12,14,19-20H,2-4,8,13H2,1H3,(H,24,25). The molecular weight excluding hydrogens is 350 g/mol. The SMILES string of the molecule is CCOc1ccc(C(c2cccc(Cl)c2)N2CCCCC2C(=O)O)cc1. The van der Waals surface area contributed by atoms with Crippen LogP contribution in [-0.2, 0) is 4.79 Å². The maximum atomic E-state index is 11.9. The number of carboxylic acids is 1. The summed E-state index contributed by atoms with van der Waals surface area (Å²) >= 11 is 6.23. The van der Waals surface area contributed by atoms with Gasteiger partial charge in [0.15, 0.2) is 0 Å². The van der Waals surface area contributed by atoms with Crippen LogP contribution in [0.25, 0.3) is 0 Å². The number of halogens is 1. The van der Waals surface area contributed by atoms with Crippen LogP contribution in [-0.4, -0.2) is 35.2 Å². The summed E-state index contributed by atoms with van der Waals surface area (Å²) in [6.45, 7) is 3.32. The van der Waals surface area contributed by atoms with E-state index in [4.69, 9.17) is 16.3 Å². The summed E-state index contributed by atoms with van der Waals surface area (Å²) in [6, 6.07) is 15.0. The molecule has 1 saturated heterocycles. The first-order valence-electron chi connectivity index (χ1n) is 9.07. The third-order valence-electron chi connectivity index (χ3n) is 4.83. The molecule has 26 heavy (non-hydrogen) atoms. The topological polar surface area (TPSA) is 49.8 Å². The van der Waals surface area contributed by atoms with Crippen molar-refractivity contribution in [2.24, 2.45) is 0 Å². The van der Waals surface area contributed by atoms with E-state index < -0.39 is 12.0 Å². The van der Waals surface area contributed by atoms with Gasteiger partial charge in [-0.25, -0.2) is 0 Å². The zero-order chi connectivity index (χ0) is 18.5. The van der Waals surface area contributed by atoms with Gasteiger partial charge in [0.25, 0.3) is 0 Å². The van der Waals surface area contributed by atoms with Crippen LogP contribution in [0.5, 0.6) is 5.75 Å². The van der Waals surface area contributed by atoms with E-state index >= 15 is 0 Å². The van der Waals surface area contributed by atoms with E-state index in [1.54, 1.807) is 0 Å². The number of rotatable bonds is 6. The predicted octanol–water partition coefficient (Wildman–Crippen LogP) is 4.77. The molecule has 0 bridgehead atoms. The molecule has 1 aliphatic rings. The number of carboxylic acid groups (broad SMARTS) is 1. The normalized spacial score (nSPS) is 19.1. The molecule has 2 unspecified atom stereocenters. The molecule has 0 saturated carbocycles. The largest absolute Gasteiger partial charge is 0.494 e. The van der Waals surface area contributed by atoms with Crippen LogP contribution in [0.15, 0.2) is 48.5 Å². The molecule has 1 fully saturated rings. The maximum Gasteiger partial charge on any atom is 0.320 e. The van der Waals surface area contributed by atoms with Gasteiger partial charge in [0.1, 0.15) is 11.8 Å². The van der Waals surface area contributed by atoms with Crippen LogP contribution >= 0.6 is 11.6 Å².